The molecule has 138 valence electrons. The van der Waals surface area contributed by atoms with Crippen LogP contribution in [0.1, 0.15) is 33.3 Å². The molecule has 0 spiro atoms. The lowest BCUT2D eigenvalue weighted by molar-refractivity contribution is 0.178. The largest absolute Gasteiger partial charge is 0.356 e. The van der Waals surface area contributed by atoms with Crippen LogP contribution in [0.15, 0.2) is 29.3 Å². The summed E-state index contributed by atoms with van der Waals surface area (Å²) in [5.41, 5.74) is 0.985. The Morgan fingerprint density at radius 2 is 1.75 bits per heavy atom. The Morgan fingerprint density at radius 1 is 1.12 bits per heavy atom. The first-order chi connectivity index (χ1) is 10.9. The first-order valence-corrected chi connectivity index (χ1v) is 8.38. The van der Waals surface area contributed by atoms with Crippen molar-refractivity contribution in [1.29, 1.82) is 0 Å². The molecule has 0 aliphatic heterocycles. The van der Waals surface area contributed by atoms with Crippen molar-refractivity contribution in [3.8, 4) is 0 Å². The Bertz CT molecular complexity index is 484. The minimum atomic E-state index is -0.188. The maximum Gasteiger partial charge on any atom is 0.191 e. The van der Waals surface area contributed by atoms with Gasteiger partial charge in [-0.1, -0.05) is 12.1 Å². The monoisotopic (exact) mass is 450 g/mol. The van der Waals surface area contributed by atoms with Gasteiger partial charge in [-0.2, -0.15) is 0 Å². The van der Waals surface area contributed by atoms with Crippen LogP contribution in [-0.4, -0.2) is 49.6 Å². The van der Waals surface area contributed by atoms with E-state index in [0.717, 1.165) is 37.6 Å². The van der Waals surface area contributed by atoms with Crippen molar-refractivity contribution in [1.82, 2.24) is 15.5 Å². The molecule has 0 aliphatic rings. The second kappa shape index (κ2) is 12.5. The Balaban J connectivity index is 0.00000529. The number of hydrogen-bond donors (Lipinski definition) is 2. The molecule has 1 aromatic carbocycles. The van der Waals surface area contributed by atoms with E-state index in [1.54, 1.807) is 19.2 Å². The molecule has 2 N–H and O–H groups in total. The third-order valence-corrected chi connectivity index (χ3v) is 3.81. The summed E-state index contributed by atoms with van der Waals surface area (Å²) in [4.78, 5) is 6.66. The Labute approximate surface area is 163 Å². The molecule has 0 saturated heterocycles. The fourth-order valence-electron chi connectivity index (χ4n) is 2.65. The van der Waals surface area contributed by atoms with Crippen molar-refractivity contribution in [3.63, 3.8) is 0 Å². The molecular formula is C18H32FIN4. The van der Waals surface area contributed by atoms with Gasteiger partial charge < -0.3 is 10.6 Å². The van der Waals surface area contributed by atoms with Gasteiger partial charge in [0.1, 0.15) is 5.82 Å². The summed E-state index contributed by atoms with van der Waals surface area (Å²) in [7, 11) is 1.76. The molecular weight excluding hydrogens is 418 g/mol. The van der Waals surface area contributed by atoms with Crippen molar-refractivity contribution < 1.29 is 4.39 Å². The van der Waals surface area contributed by atoms with E-state index in [0.29, 0.717) is 12.1 Å². The molecule has 1 rings (SSSR count). The first-order valence-electron chi connectivity index (χ1n) is 8.38. The lowest BCUT2D eigenvalue weighted by atomic mass is 10.1. The van der Waals surface area contributed by atoms with Crippen LogP contribution in [0, 0.1) is 5.82 Å². The van der Waals surface area contributed by atoms with E-state index >= 15 is 0 Å². The van der Waals surface area contributed by atoms with Crippen LogP contribution in [0.25, 0.3) is 0 Å². The van der Waals surface area contributed by atoms with Crippen LogP contribution < -0.4 is 10.6 Å². The molecule has 0 amide bonds. The van der Waals surface area contributed by atoms with E-state index in [2.05, 4.69) is 48.2 Å². The quantitative estimate of drug-likeness (QED) is 0.363. The van der Waals surface area contributed by atoms with E-state index in [9.17, 15) is 4.39 Å². The van der Waals surface area contributed by atoms with Crippen molar-refractivity contribution in [2.24, 2.45) is 4.99 Å². The Hall–Kier alpha value is -0.890. The summed E-state index contributed by atoms with van der Waals surface area (Å²) in [6, 6.07) is 7.77. The molecule has 0 fully saturated rings. The standard InChI is InChI=1S/C18H31FN4.HI/c1-14(2)23(15(3)4)12-11-22-18(20-5)21-10-9-16-7-6-8-17(19)13-16;/h6-8,13-15H,9-12H2,1-5H3,(H2,20,21,22);1H. The van der Waals surface area contributed by atoms with Gasteiger partial charge in [0.25, 0.3) is 0 Å². The minimum Gasteiger partial charge on any atom is -0.356 e. The summed E-state index contributed by atoms with van der Waals surface area (Å²) < 4.78 is 13.1. The third kappa shape index (κ3) is 8.82. The summed E-state index contributed by atoms with van der Waals surface area (Å²) in [5, 5.41) is 6.60. The topological polar surface area (TPSA) is 39.7 Å². The number of halogens is 2. The van der Waals surface area contributed by atoms with Crippen LogP contribution >= 0.6 is 24.0 Å². The molecule has 0 bridgehead atoms. The smallest absolute Gasteiger partial charge is 0.191 e. The van der Waals surface area contributed by atoms with Crippen LogP contribution in [0.2, 0.25) is 0 Å². The molecule has 0 aliphatic carbocycles. The molecule has 0 heterocycles. The maximum atomic E-state index is 13.1. The number of nitrogens with one attached hydrogen (secondary N) is 2. The SMILES string of the molecule is CN=C(NCCc1cccc(F)c1)NCCN(C(C)C)C(C)C.I. The number of hydrogen-bond acceptors (Lipinski definition) is 2. The van der Waals surface area contributed by atoms with Crippen LogP contribution in [0.4, 0.5) is 4.39 Å². The van der Waals surface area contributed by atoms with E-state index in [1.165, 1.54) is 6.07 Å². The van der Waals surface area contributed by atoms with E-state index in [-0.39, 0.29) is 29.8 Å². The van der Waals surface area contributed by atoms with Gasteiger partial charge in [-0.15, -0.1) is 24.0 Å². The van der Waals surface area contributed by atoms with E-state index < -0.39 is 0 Å². The van der Waals surface area contributed by atoms with Crippen molar-refractivity contribution in [2.75, 3.05) is 26.7 Å². The zero-order valence-electron chi connectivity index (χ0n) is 15.5. The molecule has 0 aromatic heterocycles. The van der Waals surface area contributed by atoms with Gasteiger partial charge in [0, 0.05) is 38.8 Å². The van der Waals surface area contributed by atoms with E-state index in [4.69, 9.17) is 0 Å². The van der Waals surface area contributed by atoms with Crippen LogP contribution in [0.5, 0.6) is 0 Å². The predicted octanol–water partition coefficient (Wildman–Crippen LogP) is 3.27. The van der Waals surface area contributed by atoms with Crippen LogP contribution in [0.3, 0.4) is 0 Å². The lowest BCUT2D eigenvalue weighted by Crippen LogP contribution is -2.45. The van der Waals surface area contributed by atoms with E-state index in [1.807, 2.05) is 6.07 Å². The number of benzene rings is 1. The van der Waals surface area contributed by atoms with Gasteiger partial charge in [-0.3, -0.25) is 9.89 Å². The highest BCUT2D eigenvalue weighted by molar-refractivity contribution is 14.0. The Kier molecular flexibility index (Phi) is 12.0. The maximum absolute atomic E-state index is 13.1. The molecule has 4 nitrogen and oxygen atoms in total. The first kappa shape index (κ1) is 23.1. The zero-order valence-corrected chi connectivity index (χ0v) is 17.8. The second-order valence-corrected chi connectivity index (χ2v) is 6.23. The van der Waals surface area contributed by atoms with Crippen LogP contribution in [-0.2, 0) is 6.42 Å². The van der Waals surface area contributed by atoms with Gasteiger partial charge in [-0.05, 0) is 51.8 Å². The van der Waals surface area contributed by atoms with Gasteiger partial charge in [-0.25, -0.2) is 4.39 Å². The molecule has 24 heavy (non-hydrogen) atoms. The second-order valence-electron chi connectivity index (χ2n) is 6.23. The lowest BCUT2D eigenvalue weighted by Gasteiger charge is -2.30. The van der Waals surface area contributed by atoms with Crippen molar-refractivity contribution in [3.05, 3.63) is 35.6 Å². The minimum absolute atomic E-state index is 0. The molecule has 0 unspecified atom stereocenters. The number of aliphatic imine (C=N–C) groups is 1. The van der Waals surface area contributed by atoms with Crippen molar-refractivity contribution in [2.45, 2.75) is 46.2 Å². The molecule has 6 heteroatoms. The zero-order chi connectivity index (χ0) is 17.2. The highest BCUT2D eigenvalue weighted by atomic mass is 127. The average molecular weight is 450 g/mol. The molecule has 0 radical (unpaired) electrons. The number of nitrogens with zero attached hydrogens (tertiary/aromatic N) is 2. The van der Waals surface area contributed by atoms with Gasteiger partial charge in [0.05, 0.1) is 0 Å². The highest BCUT2D eigenvalue weighted by Gasteiger charge is 2.12. The third-order valence-electron chi connectivity index (χ3n) is 3.81. The Morgan fingerprint density at radius 3 is 2.29 bits per heavy atom. The van der Waals surface area contributed by atoms with Crippen molar-refractivity contribution >= 4 is 29.9 Å². The fourth-order valence-corrected chi connectivity index (χ4v) is 2.65. The molecule has 0 atom stereocenters. The molecule has 1 aromatic rings. The summed E-state index contributed by atoms with van der Waals surface area (Å²) in [5.74, 6) is 0.598. The average Bonchev–Trinajstić information content (AvgIpc) is 2.49. The molecule has 0 saturated carbocycles. The summed E-state index contributed by atoms with van der Waals surface area (Å²) in [6.45, 7) is 11.4. The summed E-state index contributed by atoms with van der Waals surface area (Å²) in [6.07, 6.45) is 0.766. The van der Waals surface area contributed by atoms with Gasteiger partial charge in [0.15, 0.2) is 5.96 Å². The number of guanidine groups is 1. The highest BCUT2D eigenvalue weighted by Crippen LogP contribution is 2.04. The summed E-state index contributed by atoms with van der Waals surface area (Å²) >= 11 is 0. The van der Waals surface area contributed by atoms with Gasteiger partial charge >= 0.3 is 0 Å². The predicted molar refractivity (Wildman–Crippen MR) is 112 cm³/mol. The fraction of sp³-hybridized carbons (Fsp3) is 0.611. The van der Waals surface area contributed by atoms with Gasteiger partial charge in [0.2, 0.25) is 0 Å². The normalized spacial score (nSPS) is 11.8. The number of rotatable bonds is 8.